The second-order valence-electron chi connectivity index (χ2n) is 7.70. The quantitative estimate of drug-likeness (QED) is 0.916. The number of amides is 2. The first-order valence-corrected chi connectivity index (χ1v) is 9.39. The molecule has 2 heterocycles. The predicted octanol–water partition coefficient (Wildman–Crippen LogP) is 3.58. The van der Waals surface area contributed by atoms with E-state index in [0.29, 0.717) is 24.5 Å². The van der Waals surface area contributed by atoms with E-state index in [2.05, 4.69) is 48.3 Å². The van der Waals surface area contributed by atoms with Gasteiger partial charge in [-0.1, -0.05) is 44.5 Å². The Bertz CT molecular complexity index is 555. The van der Waals surface area contributed by atoms with Crippen molar-refractivity contribution >= 4 is 6.03 Å². The Kier molecular flexibility index (Phi) is 5.44. The number of urea groups is 1. The van der Waals surface area contributed by atoms with Gasteiger partial charge >= 0.3 is 6.03 Å². The Morgan fingerprint density at radius 1 is 1.21 bits per heavy atom. The summed E-state index contributed by atoms with van der Waals surface area (Å²) < 4.78 is 0. The van der Waals surface area contributed by atoms with Crippen molar-refractivity contribution in [3.8, 4) is 0 Å². The average molecular weight is 329 g/mol. The molecule has 132 valence electrons. The van der Waals surface area contributed by atoms with E-state index in [1.807, 2.05) is 7.05 Å². The minimum Gasteiger partial charge on any atom is -0.334 e. The molecule has 2 amide bonds. The van der Waals surface area contributed by atoms with E-state index in [1.165, 1.54) is 36.9 Å². The van der Waals surface area contributed by atoms with Crippen LogP contribution in [0, 0.1) is 0 Å². The first kappa shape index (κ1) is 17.3. The van der Waals surface area contributed by atoms with E-state index < -0.39 is 0 Å². The molecule has 0 saturated carbocycles. The zero-order chi connectivity index (χ0) is 17.1. The van der Waals surface area contributed by atoms with Gasteiger partial charge in [-0.05, 0) is 42.9 Å². The summed E-state index contributed by atoms with van der Waals surface area (Å²) in [5.41, 5.74) is 2.52. The average Bonchev–Trinajstić information content (AvgIpc) is 2.98. The summed E-state index contributed by atoms with van der Waals surface area (Å²) in [6, 6.07) is 9.55. The third-order valence-corrected chi connectivity index (χ3v) is 5.58. The number of fused-ring (bicyclic) bond motifs is 1. The van der Waals surface area contributed by atoms with Crippen molar-refractivity contribution in [3.05, 3.63) is 35.4 Å². The van der Waals surface area contributed by atoms with Crippen LogP contribution in [0.5, 0.6) is 0 Å². The number of nitrogens with one attached hydrogen (secondary N) is 1. The molecular weight excluding hydrogens is 298 g/mol. The molecular formula is C20H31N3O. The smallest absolute Gasteiger partial charge is 0.317 e. The van der Waals surface area contributed by atoms with Crippen LogP contribution in [0.1, 0.15) is 56.6 Å². The highest BCUT2D eigenvalue weighted by Gasteiger charge is 2.36. The molecule has 3 rings (SSSR count). The van der Waals surface area contributed by atoms with Crippen molar-refractivity contribution in [2.45, 2.75) is 64.1 Å². The third-order valence-electron chi connectivity index (χ3n) is 5.58. The highest BCUT2D eigenvalue weighted by molar-refractivity contribution is 5.74. The van der Waals surface area contributed by atoms with E-state index in [-0.39, 0.29) is 6.03 Å². The summed E-state index contributed by atoms with van der Waals surface area (Å²) in [4.78, 5) is 16.9. The van der Waals surface area contributed by atoms with Gasteiger partial charge in [0, 0.05) is 32.2 Å². The minimum atomic E-state index is 0.0559. The monoisotopic (exact) mass is 329 g/mol. The predicted molar refractivity (Wildman–Crippen MR) is 98.1 cm³/mol. The molecule has 4 nitrogen and oxygen atoms in total. The molecule has 4 heteroatoms. The van der Waals surface area contributed by atoms with Gasteiger partial charge in [-0.25, -0.2) is 4.79 Å². The van der Waals surface area contributed by atoms with Gasteiger partial charge < -0.3 is 10.2 Å². The molecule has 0 spiro atoms. The fraction of sp³-hybridized carbons (Fsp3) is 0.650. The highest BCUT2D eigenvalue weighted by atomic mass is 16.2. The molecule has 0 radical (unpaired) electrons. The fourth-order valence-corrected chi connectivity index (χ4v) is 4.04. The van der Waals surface area contributed by atoms with E-state index in [9.17, 15) is 4.79 Å². The summed E-state index contributed by atoms with van der Waals surface area (Å²) in [7, 11) is 1.89. The number of carbonyl (C=O) groups is 1. The van der Waals surface area contributed by atoms with Crippen LogP contribution in [-0.4, -0.2) is 48.1 Å². The van der Waals surface area contributed by atoms with E-state index in [1.54, 1.807) is 4.90 Å². The van der Waals surface area contributed by atoms with Gasteiger partial charge in [0.05, 0.1) is 0 Å². The minimum absolute atomic E-state index is 0.0559. The van der Waals surface area contributed by atoms with E-state index >= 15 is 0 Å². The Morgan fingerprint density at radius 2 is 1.96 bits per heavy atom. The Balaban J connectivity index is 1.53. The van der Waals surface area contributed by atoms with Crippen LogP contribution in [0.15, 0.2) is 24.3 Å². The van der Waals surface area contributed by atoms with Gasteiger partial charge in [-0.15, -0.1) is 0 Å². The van der Waals surface area contributed by atoms with Crippen molar-refractivity contribution in [1.82, 2.24) is 15.1 Å². The first-order chi connectivity index (χ1) is 11.5. The van der Waals surface area contributed by atoms with Gasteiger partial charge in [-0.3, -0.25) is 4.90 Å². The second kappa shape index (κ2) is 7.56. The molecule has 1 aromatic rings. The van der Waals surface area contributed by atoms with Crippen LogP contribution < -0.4 is 5.32 Å². The van der Waals surface area contributed by atoms with Crippen molar-refractivity contribution in [2.75, 3.05) is 20.1 Å². The molecule has 0 aliphatic carbocycles. The van der Waals surface area contributed by atoms with Crippen molar-refractivity contribution < 1.29 is 4.79 Å². The number of piperidine rings is 1. The van der Waals surface area contributed by atoms with E-state index in [4.69, 9.17) is 0 Å². The molecule has 2 aliphatic heterocycles. The van der Waals surface area contributed by atoms with Crippen LogP contribution >= 0.6 is 0 Å². The maximum atomic E-state index is 12.5. The maximum absolute atomic E-state index is 12.5. The second-order valence-corrected chi connectivity index (χ2v) is 7.70. The molecule has 2 saturated heterocycles. The Hall–Kier alpha value is -1.55. The molecule has 1 aromatic carbocycles. The third kappa shape index (κ3) is 3.92. The molecule has 24 heavy (non-hydrogen) atoms. The molecule has 2 unspecified atom stereocenters. The first-order valence-electron chi connectivity index (χ1n) is 9.39. The number of carbonyl (C=O) groups excluding carboxylic acids is 1. The molecule has 0 aromatic heterocycles. The number of nitrogens with zero attached hydrogens (tertiary/aromatic N) is 2. The van der Waals surface area contributed by atoms with Crippen molar-refractivity contribution in [1.29, 1.82) is 0 Å². The lowest BCUT2D eigenvalue weighted by Crippen LogP contribution is -2.49. The summed E-state index contributed by atoms with van der Waals surface area (Å²) in [5.74, 6) is 0.542. The lowest BCUT2D eigenvalue weighted by molar-refractivity contribution is 0.170. The van der Waals surface area contributed by atoms with Gasteiger partial charge in [0.2, 0.25) is 0 Å². The summed E-state index contributed by atoms with van der Waals surface area (Å²) in [5, 5.41) is 3.27. The van der Waals surface area contributed by atoms with Crippen LogP contribution in [-0.2, 0) is 6.54 Å². The maximum Gasteiger partial charge on any atom is 0.317 e. The van der Waals surface area contributed by atoms with Gasteiger partial charge in [-0.2, -0.15) is 0 Å². The van der Waals surface area contributed by atoms with Gasteiger partial charge in [0.25, 0.3) is 0 Å². The normalized spacial score (nSPS) is 24.0. The SMILES string of the molecule is CC(C)c1ccc(CN(C)C(=O)NC2CCN3CCCCC23)cc1. The number of hydrogen-bond donors (Lipinski definition) is 1. The Labute approximate surface area is 146 Å². The molecule has 2 atom stereocenters. The van der Waals surface area contributed by atoms with Crippen molar-refractivity contribution in [2.24, 2.45) is 0 Å². The topological polar surface area (TPSA) is 35.6 Å². The molecule has 2 fully saturated rings. The lowest BCUT2D eigenvalue weighted by Gasteiger charge is -2.33. The van der Waals surface area contributed by atoms with Gasteiger partial charge in [0.15, 0.2) is 0 Å². The highest BCUT2D eigenvalue weighted by Crippen LogP contribution is 2.27. The standard InChI is InChI=1S/C20H31N3O/c1-15(2)17-9-7-16(8-10-17)14-22(3)20(24)21-18-11-13-23-12-5-4-6-19(18)23/h7-10,15,18-19H,4-6,11-14H2,1-3H3,(H,21,24). The summed E-state index contributed by atoms with van der Waals surface area (Å²) in [6.07, 6.45) is 4.92. The van der Waals surface area contributed by atoms with Crippen molar-refractivity contribution in [3.63, 3.8) is 0 Å². The summed E-state index contributed by atoms with van der Waals surface area (Å²) >= 11 is 0. The zero-order valence-corrected chi connectivity index (χ0v) is 15.3. The van der Waals surface area contributed by atoms with E-state index in [0.717, 1.165) is 13.0 Å². The largest absolute Gasteiger partial charge is 0.334 e. The number of rotatable bonds is 4. The van der Waals surface area contributed by atoms with Crippen LogP contribution in [0.2, 0.25) is 0 Å². The number of hydrogen-bond acceptors (Lipinski definition) is 2. The molecule has 2 aliphatic rings. The van der Waals surface area contributed by atoms with Crippen LogP contribution in [0.3, 0.4) is 0 Å². The number of benzene rings is 1. The molecule has 1 N–H and O–H groups in total. The molecule has 0 bridgehead atoms. The Morgan fingerprint density at radius 3 is 2.67 bits per heavy atom. The lowest BCUT2D eigenvalue weighted by atomic mass is 9.99. The summed E-state index contributed by atoms with van der Waals surface area (Å²) in [6.45, 7) is 7.39. The van der Waals surface area contributed by atoms with Gasteiger partial charge in [0.1, 0.15) is 0 Å². The zero-order valence-electron chi connectivity index (χ0n) is 15.3. The van der Waals surface area contributed by atoms with Crippen LogP contribution in [0.25, 0.3) is 0 Å². The van der Waals surface area contributed by atoms with Crippen LogP contribution in [0.4, 0.5) is 4.79 Å². The fourth-order valence-electron chi connectivity index (χ4n) is 4.04.